The fourth-order valence-corrected chi connectivity index (χ4v) is 6.80. The van der Waals surface area contributed by atoms with Gasteiger partial charge in [0.15, 0.2) is 5.65 Å². The summed E-state index contributed by atoms with van der Waals surface area (Å²) in [7, 11) is 1.67. The Morgan fingerprint density at radius 1 is 1.23 bits per heavy atom. The van der Waals surface area contributed by atoms with E-state index in [9.17, 15) is 18.7 Å². The second-order valence-corrected chi connectivity index (χ2v) is 11.3. The largest absolute Gasteiger partial charge is 0.434 e. The van der Waals surface area contributed by atoms with E-state index >= 15 is 4.39 Å². The van der Waals surface area contributed by atoms with Crippen LogP contribution in [0.5, 0.6) is 5.75 Å². The molecule has 0 radical (unpaired) electrons. The fourth-order valence-electron chi connectivity index (χ4n) is 6.80. The van der Waals surface area contributed by atoms with Crippen molar-refractivity contribution < 1.29 is 27.8 Å². The number of carbonyl (C=O) groups excluding carboxylic acids is 1. The summed E-state index contributed by atoms with van der Waals surface area (Å²) in [6.45, 7) is -1.41. The third-order valence-electron chi connectivity index (χ3n) is 8.32. The van der Waals surface area contributed by atoms with Crippen LogP contribution in [0.1, 0.15) is 71.0 Å². The topological polar surface area (TPSA) is 119 Å². The molecule has 2 unspecified atom stereocenters. The van der Waals surface area contributed by atoms with Crippen LogP contribution in [0.15, 0.2) is 42.7 Å². The highest BCUT2D eigenvalue weighted by molar-refractivity contribution is 5.98. The van der Waals surface area contributed by atoms with Crippen LogP contribution in [0.2, 0.25) is 0 Å². The molecule has 2 atom stereocenters. The summed E-state index contributed by atoms with van der Waals surface area (Å²) in [4.78, 5) is 24.0. The van der Waals surface area contributed by atoms with Crippen molar-refractivity contribution >= 4 is 11.6 Å². The average molecular weight is 551 g/mol. The Labute approximate surface area is 226 Å². The van der Waals surface area contributed by atoms with E-state index in [2.05, 4.69) is 4.98 Å². The van der Waals surface area contributed by atoms with Crippen LogP contribution >= 0.6 is 0 Å². The van der Waals surface area contributed by atoms with Gasteiger partial charge in [0.05, 0.1) is 34.3 Å². The van der Waals surface area contributed by atoms with E-state index in [0.29, 0.717) is 45.7 Å². The quantitative estimate of drug-likeness (QED) is 0.396. The molecular formula is C28H25F3N6O3. The zero-order valence-electron chi connectivity index (χ0n) is 21.6. The van der Waals surface area contributed by atoms with Crippen molar-refractivity contribution in [2.75, 3.05) is 7.05 Å². The number of pyridine rings is 1. The van der Waals surface area contributed by atoms with Crippen LogP contribution in [0, 0.1) is 5.82 Å². The lowest BCUT2D eigenvalue weighted by Crippen LogP contribution is -2.59. The summed E-state index contributed by atoms with van der Waals surface area (Å²) < 4.78 is 48.3. The first-order valence-electron chi connectivity index (χ1n) is 12.9. The molecule has 3 aliphatic rings. The Hall–Kier alpha value is -4.03. The lowest BCUT2D eigenvalue weighted by Gasteiger charge is -2.48. The Balaban J connectivity index is 1.34. The Bertz CT molecular complexity index is 1710. The predicted molar refractivity (Wildman–Crippen MR) is 136 cm³/mol. The second kappa shape index (κ2) is 8.24. The van der Waals surface area contributed by atoms with Gasteiger partial charge in [-0.1, -0.05) is 6.07 Å². The molecule has 3 N–H and O–H groups in total. The summed E-state index contributed by atoms with van der Waals surface area (Å²) in [5, 5.41) is 14.8. The lowest BCUT2D eigenvalue weighted by atomic mass is 9.64. The molecular weight excluding hydrogens is 525 g/mol. The molecule has 1 fully saturated rings. The number of aromatic nitrogens is 4. The van der Waals surface area contributed by atoms with Crippen LogP contribution < -0.4 is 10.5 Å². The molecule has 1 aliphatic heterocycles. The molecule has 3 aromatic heterocycles. The van der Waals surface area contributed by atoms with E-state index in [-0.39, 0.29) is 36.2 Å². The van der Waals surface area contributed by atoms with Gasteiger partial charge in [-0.05, 0) is 50.5 Å². The molecule has 2 aliphatic carbocycles. The number of ether oxygens (including phenoxy) is 1. The van der Waals surface area contributed by atoms with Crippen molar-refractivity contribution in [3.05, 3.63) is 76.6 Å². The number of rotatable bonds is 4. The van der Waals surface area contributed by atoms with E-state index in [1.165, 1.54) is 24.4 Å². The SMILES string of the molecule is CN1C(=O)c2cccc(OC(F)F)c2C2CC1c1nn3ccc(-c4cnc(C5(N)CC(C)(O)C5)c(F)c4)nc3c12. The fraction of sp³-hybridized carbons (Fsp3) is 0.357. The van der Waals surface area contributed by atoms with Crippen molar-refractivity contribution in [2.45, 2.75) is 55.9 Å². The maximum absolute atomic E-state index is 15.2. The highest BCUT2D eigenvalue weighted by Crippen LogP contribution is 2.53. The number of aliphatic hydroxyl groups is 1. The molecule has 40 heavy (non-hydrogen) atoms. The minimum Gasteiger partial charge on any atom is -0.434 e. The van der Waals surface area contributed by atoms with Crippen molar-refractivity contribution in [1.82, 2.24) is 24.5 Å². The highest BCUT2D eigenvalue weighted by Gasteiger charge is 2.52. The van der Waals surface area contributed by atoms with Gasteiger partial charge in [-0.25, -0.2) is 13.9 Å². The number of halogens is 3. The van der Waals surface area contributed by atoms with Gasteiger partial charge in [0.1, 0.15) is 11.6 Å². The number of hydrogen-bond donors (Lipinski definition) is 2. The van der Waals surface area contributed by atoms with Gasteiger partial charge < -0.3 is 20.5 Å². The molecule has 7 rings (SSSR count). The zero-order valence-corrected chi connectivity index (χ0v) is 21.6. The van der Waals surface area contributed by atoms with E-state index in [0.717, 1.165) is 0 Å². The van der Waals surface area contributed by atoms with Gasteiger partial charge >= 0.3 is 6.61 Å². The number of benzene rings is 1. The monoisotopic (exact) mass is 550 g/mol. The normalized spacial score (nSPS) is 27.0. The van der Waals surface area contributed by atoms with Crippen LogP contribution in [0.25, 0.3) is 16.9 Å². The van der Waals surface area contributed by atoms with Gasteiger partial charge in [0.2, 0.25) is 0 Å². The summed E-state index contributed by atoms with van der Waals surface area (Å²) in [5.74, 6) is -1.42. The third-order valence-corrected chi connectivity index (χ3v) is 8.32. The number of amides is 1. The average Bonchev–Trinajstić information content (AvgIpc) is 3.40. The molecule has 1 amide bonds. The highest BCUT2D eigenvalue weighted by atomic mass is 19.3. The first-order chi connectivity index (χ1) is 19.0. The van der Waals surface area contributed by atoms with E-state index in [4.69, 9.17) is 20.6 Å². The summed E-state index contributed by atoms with van der Waals surface area (Å²) in [6, 6.07) is 7.18. The van der Waals surface area contributed by atoms with Crippen molar-refractivity contribution in [2.24, 2.45) is 5.73 Å². The molecule has 12 heteroatoms. The standard InChI is InChI=1S/C28H25F3N6O3/c1-27(39)11-28(32,12-27)23-16(29)8-13(10-33-23)17-6-7-37-24(34-17)21-15-9-18(22(21)35-37)36(2)25(38)14-4-3-5-19(20(14)15)40-26(30)31/h3-8,10,15,18,26,39H,9,11-12,32H2,1-2H3. The van der Waals surface area contributed by atoms with Gasteiger partial charge in [0.25, 0.3) is 5.91 Å². The van der Waals surface area contributed by atoms with Gasteiger partial charge in [-0.3, -0.25) is 9.78 Å². The van der Waals surface area contributed by atoms with E-state index in [1.54, 1.807) is 41.7 Å². The molecule has 4 aromatic rings. The molecule has 4 heterocycles. The minimum absolute atomic E-state index is 0.0594. The predicted octanol–water partition coefficient (Wildman–Crippen LogP) is 3.89. The molecule has 9 nitrogen and oxygen atoms in total. The number of nitrogens with zero attached hydrogens (tertiary/aromatic N) is 5. The number of nitrogens with two attached hydrogens (primary N) is 1. The van der Waals surface area contributed by atoms with E-state index in [1.807, 2.05) is 0 Å². The van der Waals surface area contributed by atoms with Gasteiger partial charge in [0, 0.05) is 47.6 Å². The third kappa shape index (κ3) is 3.55. The van der Waals surface area contributed by atoms with Crippen molar-refractivity contribution in [3.8, 4) is 17.0 Å². The number of alkyl halides is 2. The van der Waals surface area contributed by atoms with Crippen molar-refractivity contribution in [3.63, 3.8) is 0 Å². The summed E-state index contributed by atoms with van der Waals surface area (Å²) in [6.07, 6.45) is 4.02. The van der Waals surface area contributed by atoms with Crippen LogP contribution in [-0.4, -0.2) is 54.8 Å². The number of hydrogen-bond acceptors (Lipinski definition) is 7. The number of fused-ring (bicyclic) bond motifs is 9. The molecule has 1 saturated carbocycles. The van der Waals surface area contributed by atoms with Gasteiger partial charge in [-0.2, -0.15) is 13.9 Å². The maximum atomic E-state index is 15.2. The smallest absolute Gasteiger partial charge is 0.387 e. The first-order valence-corrected chi connectivity index (χ1v) is 12.9. The molecule has 0 saturated heterocycles. The lowest BCUT2D eigenvalue weighted by molar-refractivity contribution is -0.0764. The van der Waals surface area contributed by atoms with Gasteiger partial charge in [-0.15, -0.1) is 0 Å². The molecule has 0 spiro atoms. The van der Waals surface area contributed by atoms with Crippen molar-refractivity contribution in [1.29, 1.82) is 0 Å². The Kier molecular flexibility index (Phi) is 5.15. The summed E-state index contributed by atoms with van der Waals surface area (Å²) >= 11 is 0. The minimum atomic E-state index is -3.06. The second-order valence-electron chi connectivity index (χ2n) is 11.3. The Morgan fingerprint density at radius 3 is 2.70 bits per heavy atom. The van der Waals surface area contributed by atoms with Crippen LogP contribution in [-0.2, 0) is 5.54 Å². The zero-order chi connectivity index (χ0) is 28.1. The molecule has 2 bridgehead atoms. The van der Waals surface area contributed by atoms with Crippen LogP contribution in [0.4, 0.5) is 13.2 Å². The number of carbonyl (C=O) groups is 1. The first kappa shape index (κ1) is 25.0. The maximum Gasteiger partial charge on any atom is 0.387 e. The molecule has 1 aromatic carbocycles. The summed E-state index contributed by atoms with van der Waals surface area (Å²) in [5.41, 5.74) is 7.73. The van der Waals surface area contributed by atoms with Crippen LogP contribution in [0.3, 0.4) is 0 Å². The van der Waals surface area contributed by atoms with E-state index < -0.39 is 29.5 Å². The Morgan fingerprint density at radius 2 is 2.00 bits per heavy atom. The molecule has 206 valence electrons.